The molecule has 1 aliphatic rings. The van der Waals surface area contributed by atoms with Crippen LogP contribution in [0.3, 0.4) is 0 Å². The van der Waals surface area contributed by atoms with E-state index in [0.717, 1.165) is 29.6 Å². The summed E-state index contributed by atoms with van der Waals surface area (Å²) in [6.45, 7) is 2.95. The predicted octanol–water partition coefficient (Wildman–Crippen LogP) is 3.08. The van der Waals surface area contributed by atoms with Crippen LogP contribution in [-0.4, -0.2) is 9.78 Å². The zero-order valence-electron chi connectivity index (χ0n) is 11.0. The van der Waals surface area contributed by atoms with Gasteiger partial charge < -0.3 is 5.73 Å². The summed E-state index contributed by atoms with van der Waals surface area (Å²) in [6.07, 6.45) is 3.98. The molecule has 0 amide bonds. The lowest BCUT2D eigenvalue weighted by Crippen LogP contribution is -2.25. The second-order valence-electron chi connectivity index (χ2n) is 5.16. The first-order valence-corrected chi connectivity index (χ1v) is 7.53. The fourth-order valence-electron chi connectivity index (χ4n) is 3.03. The maximum absolute atomic E-state index is 6.51. The van der Waals surface area contributed by atoms with Crippen LogP contribution < -0.4 is 5.73 Å². The van der Waals surface area contributed by atoms with Crippen molar-refractivity contribution in [3.8, 4) is 0 Å². The topological polar surface area (TPSA) is 43.8 Å². The zero-order chi connectivity index (χ0) is 13.4. The van der Waals surface area contributed by atoms with E-state index in [9.17, 15) is 0 Å². The van der Waals surface area contributed by atoms with Crippen LogP contribution in [0.15, 0.2) is 34.9 Å². The third kappa shape index (κ3) is 2.23. The highest BCUT2D eigenvalue weighted by Gasteiger charge is 2.30. The van der Waals surface area contributed by atoms with Crippen LogP contribution in [0, 0.1) is 5.92 Å². The molecule has 1 aromatic carbocycles. The van der Waals surface area contributed by atoms with Crippen molar-refractivity contribution in [1.29, 1.82) is 0 Å². The maximum atomic E-state index is 6.51. The second-order valence-corrected chi connectivity index (χ2v) is 6.01. The van der Waals surface area contributed by atoms with Crippen LogP contribution in [-0.2, 0) is 19.4 Å². The maximum Gasteiger partial charge on any atom is 0.0696 e. The number of halogens is 1. The summed E-state index contributed by atoms with van der Waals surface area (Å²) in [5.74, 6) is 0.468. The van der Waals surface area contributed by atoms with Gasteiger partial charge in [-0.1, -0.05) is 24.3 Å². The predicted molar refractivity (Wildman–Crippen MR) is 79.9 cm³/mol. The Morgan fingerprint density at radius 2 is 2.00 bits per heavy atom. The molecule has 1 atom stereocenters. The average Bonchev–Trinajstić information content (AvgIpc) is 3.01. The van der Waals surface area contributed by atoms with Gasteiger partial charge in [0.1, 0.15) is 0 Å². The van der Waals surface area contributed by atoms with Crippen molar-refractivity contribution in [3.05, 3.63) is 51.8 Å². The first kappa shape index (κ1) is 12.9. The summed E-state index contributed by atoms with van der Waals surface area (Å²) in [5, 5.41) is 4.37. The molecule has 0 fully saturated rings. The molecule has 2 N–H and O–H groups in total. The Kier molecular flexibility index (Phi) is 3.46. The molecule has 0 saturated carbocycles. The smallest absolute Gasteiger partial charge is 0.0696 e. The van der Waals surface area contributed by atoms with Crippen molar-refractivity contribution in [3.63, 3.8) is 0 Å². The van der Waals surface area contributed by atoms with E-state index in [4.69, 9.17) is 5.73 Å². The Balaban J connectivity index is 1.87. The Morgan fingerprint density at radius 3 is 2.58 bits per heavy atom. The minimum atomic E-state index is 0.0317. The quantitative estimate of drug-likeness (QED) is 0.944. The minimum Gasteiger partial charge on any atom is -0.322 e. The first-order chi connectivity index (χ1) is 9.20. The summed E-state index contributed by atoms with van der Waals surface area (Å²) in [6, 6.07) is 8.68. The van der Waals surface area contributed by atoms with Gasteiger partial charge in [0.25, 0.3) is 0 Å². The van der Waals surface area contributed by atoms with E-state index in [1.54, 1.807) is 0 Å². The molecule has 1 unspecified atom stereocenters. The van der Waals surface area contributed by atoms with Gasteiger partial charge in [0.2, 0.25) is 0 Å². The molecular weight excluding hydrogens is 302 g/mol. The standard InChI is InChI=1S/C15H18BrN3/c1-2-19-15(13(16)9-18-19)14(17)12-7-10-5-3-4-6-11(10)8-12/h3-6,9,12,14H,2,7-8,17H2,1H3. The molecule has 19 heavy (non-hydrogen) atoms. The average molecular weight is 320 g/mol. The summed E-state index contributed by atoms with van der Waals surface area (Å²) >= 11 is 3.58. The number of benzene rings is 1. The molecule has 2 aromatic rings. The van der Waals surface area contributed by atoms with Crippen LogP contribution in [0.4, 0.5) is 0 Å². The number of aromatic nitrogens is 2. The van der Waals surface area contributed by atoms with Gasteiger partial charge in [-0.05, 0) is 52.7 Å². The lowest BCUT2D eigenvalue weighted by atomic mass is 9.94. The molecule has 1 aromatic heterocycles. The van der Waals surface area contributed by atoms with Gasteiger partial charge >= 0.3 is 0 Å². The van der Waals surface area contributed by atoms with Crippen LogP contribution in [0.25, 0.3) is 0 Å². The lowest BCUT2D eigenvalue weighted by Gasteiger charge is -2.20. The number of hydrogen-bond acceptors (Lipinski definition) is 2. The second kappa shape index (κ2) is 5.10. The third-order valence-corrected chi connectivity index (χ3v) is 4.65. The highest BCUT2D eigenvalue weighted by atomic mass is 79.9. The van der Waals surface area contributed by atoms with E-state index in [0.29, 0.717) is 5.92 Å². The van der Waals surface area contributed by atoms with Crippen LogP contribution in [0.5, 0.6) is 0 Å². The van der Waals surface area contributed by atoms with Gasteiger partial charge in [0, 0.05) is 6.54 Å². The van der Waals surface area contributed by atoms with Gasteiger partial charge in [0.05, 0.1) is 22.4 Å². The van der Waals surface area contributed by atoms with E-state index >= 15 is 0 Å². The SMILES string of the molecule is CCn1ncc(Br)c1C(N)C1Cc2ccccc2C1. The highest BCUT2D eigenvalue weighted by molar-refractivity contribution is 9.10. The Morgan fingerprint density at radius 1 is 1.37 bits per heavy atom. The largest absolute Gasteiger partial charge is 0.322 e. The summed E-state index contributed by atoms with van der Waals surface area (Å²) in [5.41, 5.74) is 10.5. The number of nitrogens with zero attached hydrogens (tertiary/aromatic N) is 2. The van der Waals surface area contributed by atoms with Crippen LogP contribution in [0.1, 0.15) is 29.8 Å². The molecule has 1 heterocycles. The Bertz CT molecular complexity index is 566. The first-order valence-electron chi connectivity index (χ1n) is 6.74. The highest BCUT2D eigenvalue weighted by Crippen LogP contribution is 2.36. The number of hydrogen-bond donors (Lipinski definition) is 1. The van der Waals surface area contributed by atoms with E-state index in [1.807, 2.05) is 10.9 Å². The van der Waals surface area contributed by atoms with Gasteiger partial charge in [-0.25, -0.2) is 0 Å². The van der Waals surface area contributed by atoms with Gasteiger partial charge in [-0.2, -0.15) is 5.10 Å². The fraction of sp³-hybridized carbons (Fsp3) is 0.400. The lowest BCUT2D eigenvalue weighted by molar-refractivity contribution is 0.421. The monoisotopic (exact) mass is 319 g/mol. The summed E-state index contributed by atoms with van der Waals surface area (Å²) in [4.78, 5) is 0. The normalized spacial score (nSPS) is 16.6. The van der Waals surface area contributed by atoms with Crippen molar-refractivity contribution >= 4 is 15.9 Å². The molecule has 4 heteroatoms. The number of nitrogens with two attached hydrogens (primary N) is 1. The molecule has 0 aliphatic heterocycles. The van der Waals surface area contributed by atoms with Crippen molar-refractivity contribution in [2.45, 2.75) is 32.4 Å². The molecular formula is C15H18BrN3. The van der Waals surface area contributed by atoms with E-state index in [-0.39, 0.29) is 6.04 Å². The van der Waals surface area contributed by atoms with Crippen molar-refractivity contribution in [2.24, 2.45) is 11.7 Å². The zero-order valence-corrected chi connectivity index (χ0v) is 12.6. The van der Waals surface area contributed by atoms with Gasteiger partial charge in [-0.15, -0.1) is 0 Å². The van der Waals surface area contributed by atoms with Crippen LogP contribution in [0.2, 0.25) is 0 Å². The molecule has 1 aliphatic carbocycles. The molecule has 100 valence electrons. The number of rotatable bonds is 3. The fourth-order valence-corrected chi connectivity index (χ4v) is 3.59. The molecule has 3 nitrogen and oxygen atoms in total. The van der Waals surface area contributed by atoms with E-state index in [2.05, 4.69) is 52.2 Å². The minimum absolute atomic E-state index is 0.0317. The molecule has 3 rings (SSSR count). The Hall–Kier alpha value is -1.13. The van der Waals surface area contributed by atoms with Crippen molar-refractivity contribution in [2.75, 3.05) is 0 Å². The molecule has 0 saturated heterocycles. The molecule has 0 radical (unpaired) electrons. The summed E-state index contributed by atoms with van der Waals surface area (Å²) < 4.78 is 3.02. The van der Waals surface area contributed by atoms with Crippen molar-refractivity contribution < 1.29 is 0 Å². The van der Waals surface area contributed by atoms with Crippen molar-refractivity contribution in [1.82, 2.24) is 9.78 Å². The third-order valence-electron chi connectivity index (χ3n) is 4.04. The molecule has 0 spiro atoms. The van der Waals surface area contributed by atoms with Gasteiger partial charge in [0.15, 0.2) is 0 Å². The van der Waals surface area contributed by atoms with Gasteiger partial charge in [-0.3, -0.25) is 4.68 Å². The van der Waals surface area contributed by atoms with E-state index < -0.39 is 0 Å². The Labute approximate surface area is 121 Å². The number of aryl methyl sites for hydroxylation is 1. The number of fused-ring (bicyclic) bond motifs is 1. The van der Waals surface area contributed by atoms with E-state index in [1.165, 1.54) is 11.1 Å². The summed E-state index contributed by atoms with van der Waals surface area (Å²) in [7, 11) is 0. The van der Waals surface area contributed by atoms with Crippen LogP contribution >= 0.6 is 15.9 Å². The molecule has 0 bridgehead atoms.